The summed E-state index contributed by atoms with van der Waals surface area (Å²) in [5.74, 6) is -0.268. The molecule has 0 aromatic carbocycles. The van der Waals surface area contributed by atoms with Gasteiger partial charge in [-0.15, -0.1) is 0 Å². The number of aromatic nitrogens is 2. The molecule has 1 aromatic rings. The summed E-state index contributed by atoms with van der Waals surface area (Å²) in [5.41, 5.74) is 1.07. The van der Waals surface area contributed by atoms with Crippen molar-refractivity contribution in [3.63, 3.8) is 0 Å². The summed E-state index contributed by atoms with van der Waals surface area (Å²) in [6.07, 6.45) is 8.04. The maximum absolute atomic E-state index is 5.73. The Morgan fingerprint density at radius 2 is 2.06 bits per heavy atom. The summed E-state index contributed by atoms with van der Waals surface area (Å²) >= 11 is 0. The highest BCUT2D eigenvalue weighted by Gasteiger charge is 2.40. The first-order valence-corrected chi connectivity index (χ1v) is 6.31. The van der Waals surface area contributed by atoms with E-state index in [1.165, 1.54) is 0 Å². The number of anilines is 1. The second kappa shape index (κ2) is 4.31. The van der Waals surface area contributed by atoms with Gasteiger partial charge in [-0.3, -0.25) is 4.68 Å². The average Bonchev–Trinajstić information content (AvgIpc) is 3.00. The first-order chi connectivity index (χ1) is 8.31. The molecule has 1 aliphatic carbocycles. The fourth-order valence-corrected chi connectivity index (χ4v) is 2.76. The molecular formula is C12H19N3O2. The molecule has 2 aliphatic rings. The minimum atomic E-state index is -0.268. The Kier molecular flexibility index (Phi) is 2.80. The Morgan fingerprint density at radius 3 is 2.65 bits per heavy atom. The maximum atomic E-state index is 5.73. The van der Waals surface area contributed by atoms with E-state index in [0.29, 0.717) is 6.04 Å². The Morgan fingerprint density at radius 1 is 1.35 bits per heavy atom. The minimum Gasteiger partial charge on any atom is -0.386 e. The lowest BCUT2D eigenvalue weighted by Crippen LogP contribution is -2.35. The van der Waals surface area contributed by atoms with Crippen LogP contribution in [0.15, 0.2) is 12.4 Å². The molecule has 3 rings (SSSR count). The standard InChI is InChI=1S/C12H19N3O2/c1-13-10-8-14-15(9-10)11-2-4-12(5-3-11)16-6-7-17-12/h8-9,11,13H,2-7H2,1H3. The molecule has 0 amide bonds. The normalized spacial score (nSPS) is 24.3. The van der Waals surface area contributed by atoms with Crippen LogP contribution < -0.4 is 5.32 Å². The van der Waals surface area contributed by atoms with Crippen LogP contribution in [0.5, 0.6) is 0 Å². The zero-order chi connectivity index (χ0) is 11.7. The van der Waals surface area contributed by atoms with Crippen LogP contribution in [0.1, 0.15) is 31.7 Å². The number of ether oxygens (including phenoxy) is 2. The van der Waals surface area contributed by atoms with Gasteiger partial charge in [0.05, 0.1) is 31.1 Å². The average molecular weight is 237 g/mol. The van der Waals surface area contributed by atoms with E-state index in [4.69, 9.17) is 9.47 Å². The van der Waals surface area contributed by atoms with Crippen molar-refractivity contribution < 1.29 is 9.47 Å². The second-order valence-electron chi connectivity index (χ2n) is 4.80. The van der Waals surface area contributed by atoms with Gasteiger partial charge in [-0.05, 0) is 12.8 Å². The molecular weight excluding hydrogens is 218 g/mol. The summed E-state index contributed by atoms with van der Waals surface area (Å²) in [6, 6.07) is 0.482. The van der Waals surface area contributed by atoms with Crippen LogP contribution in [-0.4, -0.2) is 35.8 Å². The van der Waals surface area contributed by atoms with Crippen molar-refractivity contribution >= 4 is 5.69 Å². The molecule has 5 nitrogen and oxygen atoms in total. The lowest BCUT2D eigenvalue weighted by atomic mass is 9.90. The Hall–Kier alpha value is -1.07. The quantitative estimate of drug-likeness (QED) is 0.851. The zero-order valence-electron chi connectivity index (χ0n) is 10.2. The summed E-state index contributed by atoms with van der Waals surface area (Å²) in [5, 5.41) is 7.50. The van der Waals surface area contributed by atoms with Gasteiger partial charge < -0.3 is 14.8 Å². The van der Waals surface area contributed by atoms with Gasteiger partial charge in [0.15, 0.2) is 5.79 Å². The highest BCUT2D eigenvalue weighted by atomic mass is 16.7. The van der Waals surface area contributed by atoms with Crippen molar-refractivity contribution in [1.82, 2.24) is 9.78 Å². The monoisotopic (exact) mass is 237 g/mol. The maximum Gasteiger partial charge on any atom is 0.168 e. The topological polar surface area (TPSA) is 48.3 Å². The van der Waals surface area contributed by atoms with Crippen LogP contribution in [0.3, 0.4) is 0 Å². The van der Waals surface area contributed by atoms with Gasteiger partial charge in [0, 0.05) is 26.1 Å². The molecule has 1 aromatic heterocycles. The van der Waals surface area contributed by atoms with E-state index in [1.54, 1.807) is 0 Å². The molecule has 0 atom stereocenters. The number of hydrogen-bond acceptors (Lipinski definition) is 4. The van der Waals surface area contributed by atoms with Gasteiger partial charge in [-0.25, -0.2) is 0 Å². The first-order valence-electron chi connectivity index (χ1n) is 6.31. The Labute approximate surface area is 101 Å². The fourth-order valence-electron chi connectivity index (χ4n) is 2.76. The molecule has 0 unspecified atom stereocenters. The predicted molar refractivity (Wildman–Crippen MR) is 63.9 cm³/mol. The van der Waals surface area contributed by atoms with Crippen molar-refractivity contribution in [3.8, 4) is 0 Å². The summed E-state index contributed by atoms with van der Waals surface area (Å²) in [4.78, 5) is 0. The first kappa shape index (κ1) is 11.0. The molecule has 1 saturated carbocycles. The third kappa shape index (κ3) is 2.05. The van der Waals surface area contributed by atoms with E-state index in [0.717, 1.165) is 44.6 Å². The van der Waals surface area contributed by atoms with Crippen molar-refractivity contribution in [2.75, 3.05) is 25.6 Å². The Bertz CT molecular complexity index is 375. The van der Waals surface area contributed by atoms with E-state index in [-0.39, 0.29) is 5.79 Å². The smallest absolute Gasteiger partial charge is 0.168 e. The largest absolute Gasteiger partial charge is 0.386 e. The van der Waals surface area contributed by atoms with E-state index in [2.05, 4.69) is 21.3 Å². The van der Waals surface area contributed by atoms with Gasteiger partial charge in [0.1, 0.15) is 0 Å². The van der Waals surface area contributed by atoms with Gasteiger partial charge in [-0.2, -0.15) is 5.10 Å². The number of hydrogen-bond donors (Lipinski definition) is 1. The van der Waals surface area contributed by atoms with Crippen molar-refractivity contribution in [1.29, 1.82) is 0 Å². The van der Waals surface area contributed by atoms with Crippen LogP contribution in [-0.2, 0) is 9.47 Å². The van der Waals surface area contributed by atoms with Crippen LogP contribution in [0.2, 0.25) is 0 Å². The van der Waals surface area contributed by atoms with E-state index < -0.39 is 0 Å². The third-order valence-corrected chi connectivity index (χ3v) is 3.79. The molecule has 0 radical (unpaired) electrons. The van der Waals surface area contributed by atoms with Gasteiger partial charge in [0.25, 0.3) is 0 Å². The number of rotatable bonds is 2. The predicted octanol–water partition coefficient (Wildman–Crippen LogP) is 1.78. The molecule has 1 saturated heterocycles. The van der Waals surface area contributed by atoms with Crippen LogP contribution in [0.4, 0.5) is 5.69 Å². The van der Waals surface area contributed by atoms with Crippen molar-refractivity contribution in [2.45, 2.75) is 37.5 Å². The van der Waals surface area contributed by atoms with Gasteiger partial charge in [0.2, 0.25) is 0 Å². The number of nitrogens with zero attached hydrogens (tertiary/aromatic N) is 2. The fraction of sp³-hybridized carbons (Fsp3) is 0.750. The van der Waals surface area contributed by atoms with Crippen molar-refractivity contribution in [3.05, 3.63) is 12.4 Å². The molecule has 94 valence electrons. The summed E-state index contributed by atoms with van der Waals surface area (Å²) in [6.45, 7) is 1.49. The Balaban J connectivity index is 1.64. The molecule has 17 heavy (non-hydrogen) atoms. The molecule has 2 heterocycles. The van der Waals surface area contributed by atoms with E-state index in [9.17, 15) is 0 Å². The van der Waals surface area contributed by atoms with Crippen LogP contribution in [0.25, 0.3) is 0 Å². The minimum absolute atomic E-state index is 0.268. The van der Waals surface area contributed by atoms with E-state index >= 15 is 0 Å². The lowest BCUT2D eigenvalue weighted by Gasteiger charge is -2.35. The van der Waals surface area contributed by atoms with Crippen LogP contribution >= 0.6 is 0 Å². The highest BCUT2D eigenvalue weighted by molar-refractivity contribution is 5.37. The number of nitrogens with one attached hydrogen (secondary N) is 1. The van der Waals surface area contributed by atoms with Crippen LogP contribution in [0, 0.1) is 0 Å². The second-order valence-corrected chi connectivity index (χ2v) is 4.80. The highest BCUT2D eigenvalue weighted by Crippen LogP contribution is 2.40. The summed E-state index contributed by atoms with van der Waals surface area (Å²) < 4.78 is 13.5. The third-order valence-electron chi connectivity index (χ3n) is 3.79. The molecule has 1 N–H and O–H groups in total. The summed E-state index contributed by atoms with van der Waals surface area (Å²) in [7, 11) is 1.91. The lowest BCUT2D eigenvalue weighted by molar-refractivity contribution is -0.181. The van der Waals surface area contributed by atoms with Gasteiger partial charge >= 0.3 is 0 Å². The van der Waals surface area contributed by atoms with Gasteiger partial charge in [-0.1, -0.05) is 0 Å². The molecule has 1 aliphatic heterocycles. The van der Waals surface area contributed by atoms with E-state index in [1.807, 2.05) is 13.2 Å². The molecule has 2 fully saturated rings. The molecule has 0 bridgehead atoms. The zero-order valence-corrected chi connectivity index (χ0v) is 10.2. The molecule has 1 spiro atoms. The van der Waals surface area contributed by atoms with Crippen molar-refractivity contribution in [2.24, 2.45) is 0 Å². The molecule has 5 heteroatoms. The SMILES string of the molecule is CNc1cnn(C2CCC3(CC2)OCCO3)c1.